The minimum absolute atomic E-state index is 0.635. The van der Waals surface area contributed by atoms with Gasteiger partial charge in [-0.25, -0.2) is 0 Å². The highest BCUT2D eigenvalue weighted by Gasteiger charge is 2.03. The normalized spacial score (nSPS) is 10.5. The smallest absolute Gasteiger partial charge is 0.119 e. The largest absolute Gasteiger partial charge is 0.492 e. The van der Waals surface area contributed by atoms with Crippen molar-refractivity contribution in [3.05, 3.63) is 54.6 Å². The van der Waals surface area contributed by atoms with Gasteiger partial charge in [0, 0.05) is 11.9 Å². The van der Waals surface area contributed by atoms with E-state index in [-0.39, 0.29) is 0 Å². The van der Waals surface area contributed by atoms with Gasteiger partial charge >= 0.3 is 0 Å². The van der Waals surface area contributed by atoms with Crippen molar-refractivity contribution < 1.29 is 4.74 Å². The third-order valence-corrected chi connectivity index (χ3v) is 3.62. The van der Waals surface area contributed by atoms with E-state index in [2.05, 4.69) is 15.8 Å². The molecule has 0 aliphatic rings. The van der Waals surface area contributed by atoms with E-state index in [1.54, 1.807) is 0 Å². The Labute approximate surface area is 116 Å². The Kier molecular flexibility index (Phi) is 3.61. The molecule has 3 aromatic rings. The van der Waals surface area contributed by atoms with Crippen LogP contribution in [0.15, 0.2) is 54.6 Å². The van der Waals surface area contributed by atoms with E-state index in [0.29, 0.717) is 6.61 Å². The Hall–Kier alpha value is -2.07. The molecule has 96 valence electrons. The summed E-state index contributed by atoms with van der Waals surface area (Å²) in [5.41, 5.74) is 1.04. The monoisotopic (exact) mass is 270 g/mol. The molecule has 4 heteroatoms. The van der Waals surface area contributed by atoms with Crippen LogP contribution < -0.4 is 10.1 Å². The summed E-state index contributed by atoms with van der Waals surface area (Å²) >= 11 is 1.49. The SMILES string of the molecule is c1ccc(OCCNc2snc3ccccc23)cc1. The van der Waals surface area contributed by atoms with E-state index in [1.807, 2.05) is 48.5 Å². The third kappa shape index (κ3) is 2.85. The second-order valence-corrected chi connectivity index (χ2v) is 4.89. The summed E-state index contributed by atoms with van der Waals surface area (Å²) in [6.07, 6.45) is 0. The molecule has 0 aliphatic carbocycles. The summed E-state index contributed by atoms with van der Waals surface area (Å²) < 4.78 is 10.0. The van der Waals surface area contributed by atoms with Crippen molar-refractivity contribution in [3.63, 3.8) is 0 Å². The van der Waals surface area contributed by atoms with Gasteiger partial charge < -0.3 is 10.1 Å². The fourth-order valence-corrected chi connectivity index (χ4v) is 2.65. The van der Waals surface area contributed by atoms with Gasteiger partial charge in [0.15, 0.2) is 0 Å². The average Bonchev–Trinajstić information content (AvgIpc) is 2.88. The Balaban J connectivity index is 1.55. The predicted octanol–water partition coefficient (Wildman–Crippen LogP) is 3.79. The number of nitrogens with one attached hydrogen (secondary N) is 1. The fourth-order valence-electron chi connectivity index (χ4n) is 1.87. The van der Waals surface area contributed by atoms with Crippen LogP contribution in [0.5, 0.6) is 5.75 Å². The average molecular weight is 270 g/mol. The van der Waals surface area contributed by atoms with Gasteiger partial charge in [0.05, 0.1) is 5.52 Å². The lowest BCUT2D eigenvalue weighted by atomic mass is 10.2. The van der Waals surface area contributed by atoms with E-state index < -0.39 is 0 Å². The molecule has 0 bridgehead atoms. The van der Waals surface area contributed by atoms with Crippen LogP contribution in [0.25, 0.3) is 10.9 Å². The molecule has 3 rings (SSSR count). The second-order valence-electron chi connectivity index (χ2n) is 4.12. The number of nitrogens with zero attached hydrogens (tertiary/aromatic N) is 1. The number of anilines is 1. The standard InChI is InChI=1S/C15H14N2OS/c1-2-6-12(7-3-1)18-11-10-16-15-13-8-4-5-9-14(13)17-19-15/h1-9,16H,10-11H2. The molecular weight excluding hydrogens is 256 g/mol. The molecule has 0 radical (unpaired) electrons. The number of fused-ring (bicyclic) bond motifs is 1. The lowest BCUT2D eigenvalue weighted by Gasteiger charge is -2.06. The van der Waals surface area contributed by atoms with Crippen LogP contribution in [0.4, 0.5) is 5.00 Å². The van der Waals surface area contributed by atoms with Crippen molar-refractivity contribution in [1.29, 1.82) is 0 Å². The summed E-state index contributed by atoms with van der Waals surface area (Å²) in [6, 6.07) is 18.0. The lowest BCUT2D eigenvalue weighted by molar-refractivity contribution is 0.333. The number of hydrogen-bond acceptors (Lipinski definition) is 4. The van der Waals surface area contributed by atoms with Gasteiger partial charge in [-0.2, -0.15) is 4.37 Å². The van der Waals surface area contributed by atoms with Crippen molar-refractivity contribution in [2.75, 3.05) is 18.5 Å². The zero-order valence-electron chi connectivity index (χ0n) is 10.4. The molecule has 1 N–H and O–H groups in total. The molecule has 3 nitrogen and oxygen atoms in total. The first-order valence-corrected chi connectivity index (χ1v) is 6.97. The van der Waals surface area contributed by atoms with E-state index in [9.17, 15) is 0 Å². The Morgan fingerprint density at radius 2 is 1.79 bits per heavy atom. The first-order valence-electron chi connectivity index (χ1n) is 6.19. The summed E-state index contributed by atoms with van der Waals surface area (Å²) in [6.45, 7) is 1.40. The van der Waals surface area contributed by atoms with Gasteiger partial charge in [0.1, 0.15) is 17.4 Å². The molecule has 1 heterocycles. The number of para-hydroxylation sites is 1. The lowest BCUT2D eigenvalue weighted by Crippen LogP contribution is -2.10. The van der Waals surface area contributed by atoms with Crippen molar-refractivity contribution in [3.8, 4) is 5.75 Å². The molecule has 0 atom stereocenters. The number of hydrogen-bond donors (Lipinski definition) is 1. The van der Waals surface area contributed by atoms with Crippen LogP contribution >= 0.6 is 11.5 Å². The second kappa shape index (κ2) is 5.71. The first kappa shape index (κ1) is 12.0. The Morgan fingerprint density at radius 3 is 2.68 bits per heavy atom. The molecule has 1 aromatic heterocycles. The van der Waals surface area contributed by atoms with Gasteiger partial charge in [0.2, 0.25) is 0 Å². The number of aromatic nitrogens is 1. The van der Waals surface area contributed by atoms with Crippen molar-refractivity contribution in [1.82, 2.24) is 4.37 Å². The maximum Gasteiger partial charge on any atom is 0.119 e. The highest BCUT2D eigenvalue weighted by Crippen LogP contribution is 2.26. The molecule has 0 saturated heterocycles. The van der Waals surface area contributed by atoms with Crippen LogP contribution in [-0.2, 0) is 0 Å². The molecule has 0 unspecified atom stereocenters. The zero-order valence-corrected chi connectivity index (χ0v) is 11.2. The summed E-state index contributed by atoms with van der Waals surface area (Å²) in [7, 11) is 0. The van der Waals surface area contributed by atoms with Crippen molar-refractivity contribution in [2.45, 2.75) is 0 Å². The Morgan fingerprint density at radius 1 is 1.00 bits per heavy atom. The van der Waals surface area contributed by atoms with Gasteiger partial charge in [-0.3, -0.25) is 0 Å². The molecule has 0 fully saturated rings. The van der Waals surface area contributed by atoms with Crippen LogP contribution in [0.3, 0.4) is 0 Å². The van der Waals surface area contributed by atoms with Gasteiger partial charge in [-0.05, 0) is 35.8 Å². The van der Waals surface area contributed by atoms with Crippen LogP contribution in [0, 0.1) is 0 Å². The summed E-state index contributed by atoms with van der Waals surface area (Å²) in [4.78, 5) is 0. The quantitative estimate of drug-likeness (QED) is 0.716. The van der Waals surface area contributed by atoms with Gasteiger partial charge in [-0.1, -0.05) is 30.3 Å². The van der Waals surface area contributed by atoms with E-state index in [0.717, 1.165) is 22.8 Å². The summed E-state index contributed by atoms with van der Waals surface area (Å²) in [5, 5.41) is 5.65. The van der Waals surface area contributed by atoms with Crippen LogP contribution in [-0.4, -0.2) is 17.5 Å². The highest BCUT2D eigenvalue weighted by atomic mass is 32.1. The van der Waals surface area contributed by atoms with Crippen LogP contribution in [0.1, 0.15) is 0 Å². The first-order chi connectivity index (χ1) is 9.43. The van der Waals surface area contributed by atoms with Gasteiger partial charge in [-0.15, -0.1) is 0 Å². The third-order valence-electron chi connectivity index (χ3n) is 2.78. The molecule has 0 aliphatic heterocycles. The summed E-state index contributed by atoms with van der Waals surface area (Å²) in [5.74, 6) is 0.901. The molecular formula is C15H14N2OS. The molecule has 0 amide bonds. The number of benzene rings is 2. The molecule has 0 spiro atoms. The molecule has 0 saturated carbocycles. The van der Waals surface area contributed by atoms with Crippen molar-refractivity contribution in [2.24, 2.45) is 0 Å². The minimum Gasteiger partial charge on any atom is -0.492 e. The van der Waals surface area contributed by atoms with E-state index in [4.69, 9.17) is 4.74 Å². The van der Waals surface area contributed by atoms with Gasteiger partial charge in [0.25, 0.3) is 0 Å². The zero-order chi connectivity index (χ0) is 12.9. The maximum atomic E-state index is 5.64. The van der Waals surface area contributed by atoms with E-state index >= 15 is 0 Å². The van der Waals surface area contributed by atoms with E-state index in [1.165, 1.54) is 16.9 Å². The fraction of sp³-hybridized carbons (Fsp3) is 0.133. The highest BCUT2D eigenvalue weighted by molar-refractivity contribution is 7.11. The maximum absolute atomic E-state index is 5.64. The number of ether oxygens (including phenoxy) is 1. The topological polar surface area (TPSA) is 34.1 Å². The minimum atomic E-state index is 0.635. The Bertz CT molecular complexity index is 651. The molecule has 2 aromatic carbocycles. The van der Waals surface area contributed by atoms with Crippen molar-refractivity contribution >= 4 is 27.4 Å². The van der Waals surface area contributed by atoms with Crippen LogP contribution in [0.2, 0.25) is 0 Å². The number of rotatable bonds is 5. The molecule has 19 heavy (non-hydrogen) atoms. The predicted molar refractivity (Wildman–Crippen MR) is 80.0 cm³/mol.